The van der Waals surface area contributed by atoms with Gasteiger partial charge in [-0.25, -0.2) is 4.98 Å². The van der Waals surface area contributed by atoms with Gasteiger partial charge in [0.2, 0.25) is 5.91 Å². The summed E-state index contributed by atoms with van der Waals surface area (Å²) in [6.45, 7) is 0. The molecule has 3 aromatic rings. The Kier molecular flexibility index (Phi) is 3.43. The maximum Gasteiger partial charge on any atom is 0.238 e. The van der Waals surface area contributed by atoms with Crippen LogP contribution in [-0.4, -0.2) is 16.0 Å². The smallest absolute Gasteiger partial charge is 0.238 e. The van der Waals surface area contributed by atoms with E-state index in [9.17, 15) is 4.79 Å². The van der Waals surface area contributed by atoms with Gasteiger partial charge in [0.25, 0.3) is 0 Å². The predicted octanol–water partition coefficient (Wildman–Crippen LogP) is 4.12. The summed E-state index contributed by atoms with van der Waals surface area (Å²) in [7, 11) is 0. The lowest BCUT2D eigenvalue weighted by Gasteiger charge is -2.10. The molecule has 0 spiro atoms. The van der Waals surface area contributed by atoms with Crippen molar-refractivity contribution in [1.82, 2.24) is 10.1 Å². The predicted molar refractivity (Wildman–Crippen MR) is 88.6 cm³/mol. The topological polar surface area (TPSA) is 68.0 Å². The Bertz CT molecular complexity index is 839. The van der Waals surface area contributed by atoms with Gasteiger partial charge in [-0.15, -0.1) is 11.3 Å². The summed E-state index contributed by atoms with van der Waals surface area (Å²) >= 11 is 7.29. The highest BCUT2D eigenvalue weighted by Crippen LogP contribution is 2.49. The summed E-state index contributed by atoms with van der Waals surface area (Å²) in [6, 6.07) is 9.14. The van der Waals surface area contributed by atoms with Crippen LogP contribution in [0.25, 0.3) is 11.3 Å². The Hall–Kier alpha value is -2.18. The van der Waals surface area contributed by atoms with Gasteiger partial charge in [-0.3, -0.25) is 4.79 Å². The van der Waals surface area contributed by atoms with Gasteiger partial charge < -0.3 is 9.84 Å². The number of carbonyl (C=O) groups excluding carboxylic acids is 1. The first-order valence-electron chi connectivity index (χ1n) is 7.11. The lowest BCUT2D eigenvalue weighted by Crippen LogP contribution is -2.28. The Morgan fingerprint density at radius 1 is 1.30 bits per heavy atom. The molecule has 1 aliphatic rings. The van der Waals surface area contributed by atoms with Crippen molar-refractivity contribution in [3.8, 4) is 11.3 Å². The van der Waals surface area contributed by atoms with Crippen LogP contribution in [0.2, 0.25) is 5.02 Å². The minimum absolute atomic E-state index is 0.0802. The van der Waals surface area contributed by atoms with E-state index in [1.807, 2.05) is 23.6 Å². The molecule has 0 saturated heterocycles. The van der Waals surface area contributed by atoms with Crippen molar-refractivity contribution in [2.45, 2.75) is 18.3 Å². The van der Waals surface area contributed by atoms with Crippen LogP contribution in [0.1, 0.15) is 18.5 Å². The number of thiazole rings is 1. The molecule has 23 heavy (non-hydrogen) atoms. The fourth-order valence-corrected chi connectivity index (χ4v) is 3.13. The van der Waals surface area contributed by atoms with Crippen molar-refractivity contribution < 1.29 is 9.32 Å². The van der Waals surface area contributed by atoms with E-state index in [-0.39, 0.29) is 5.91 Å². The second kappa shape index (κ2) is 5.47. The first kappa shape index (κ1) is 14.4. The Balaban J connectivity index is 1.58. The number of carbonyl (C=O) groups is 1. The van der Waals surface area contributed by atoms with Crippen LogP contribution in [0.4, 0.5) is 5.13 Å². The molecule has 4 rings (SSSR count). The van der Waals surface area contributed by atoms with Gasteiger partial charge in [-0.2, -0.15) is 0 Å². The lowest BCUT2D eigenvalue weighted by molar-refractivity contribution is -0.118. The van der Waals surface area contributed by atoms with Crippen molar-refractivity contribution in [2.24, 2.45) is 0 Å². The number of nitrogens with zero attached hydrogens (tertiary/aromatic N) is 2. The SMILES string of the molecule is O=C(Nc1nccs1)C1(c2cc(-c3ccc(Cl)cc3)on2)CC1. The highest BCUT2D eigenvalue weighted by atomic mass is 35.5. The second-order valence-corrected chi connectivity index (χ2v) is 6.79. The number of hydrogen-bond acceptors (Lipinski definition) is 5. The molecule has 1 saturated carbocycles. The van der Waals surface area contributed by atoms with Crippen molar-refractivity contribution in [3.05, 3.63) is 52.6 Å². The molecule has 116 valence electrons. The molecule has 0 unspecified atom stereocenters. The van der Waals surface area contributed by atoms with Gasteiger partial charge in [-0.1, -0.05) is 16.8 Å². The molecule has 1 aromatic carbocycles. The van der Waals surface area contributed by atoms with Crippen molar-refractivity contribution in [2.75, 3.05) is 5.32 Å². The Morgan fingerprint density at radius 3 is 2.74 bits per heavy atom. The van der Waals surface area contributed by atoms with E-state index in [0.717, 1.165) is 18.4 Å². The lowest BCUT2D eigenvalue weighted by atomic mass is 10.0. The van der Waals surface area contributed by atoms with Crippen molar-refractivity contribution in [3.63, 3.8) is 0 Å². The summed E-state index contributed by atoms with van der Waals surface area (Å²) in [5.41, 5.74) is 0.945. The Labute approximate surface area is 141 Å². The van der Waals surface area contributed by atoms with E-state index in [1.165, 1.54) is 11.3 Å². The van der Waals surface area contributed by atoms with Gasteiger partial charge in [0, 0.05) is 28.2 Å². The molecule has 7 heteroatoms. The third-order valence-electron chi connectivity index (χ3n) is 3.97. The second-order valence-electron chi connectivity index (χ2n) is 5.46. The van der Waals surface area contributed by atoms with E-state index in [2.05, 4.69) is 15.5 Å². The fourth-order valence-electron chi connectivity index (χ4n) is 2.48. The molecule has 2 aromatic heterocycles. The number of amides is 1. The number of aromatic nitrogens is 2. The van der Waals surface area contributed by atoms with Gasteiger partial charge in [0.05, 0.1) is 11.1 Å². The maximum atomic E-state index is 12.5. The Morgan fingerprint density at radius 2 is 2.09 bits per heavy atom. The standard InChI is InChI=1S/C16H12ClN3O2S/c17-11-3-1-10(2-4-11)12-9-13(20-22-12)16(5-6-16)14(21)19-15-18-7-8-23-15/h1-4,7-9H,5-6H2,(H,18,19,21). The van der Waals surface area contributed by atoms with Crippen molar-refractivity contribution >= 4 is 34.0 Å². The minimum atomic E-state index is -0.597. The van der Waals surface area contributed by atoms with Gasteiger partial charge >= 0.3 is 0 Å². The third-order valence-corrected chi connectivity index (χ3v) is 4.91. The van der Waals surface area contributed by atoms with Crippen LogP contribution in [-0.2, 0) is 10.2 Å². The first-order valence-corrected chi connectivity index (χ1v) is 8.37. The third kappa shape index (κ3) is 2.64. The monoisotopic (exact) mass is 345 g/mol. The van der Waals surface area contributed by atoms with E-state index < -0.39 is 5.41 Å². The van der Waals surface area contributed by atoms with Crippen LogP contribution in [0.5, 0.6) is 0 Å². The zero-order chi connectivity index (χ0) is 15.9. The summed E-state index contributed by atoms with van der Waals surface area (Å²) in [5.74, 6) is 0.549. The quantitative estimate of drug-likeness (QED) is 0.772. The molecule has 2 heterocycles. The van der Waals surface area contributed by atoms with E-state index in [0.29, 0.717) is 21.6 Å². The van der Waals surface area contributed by atoms with Crippen LogP contribution in [0.15, 0.2) is 46.4 Å². The van der Waals surface area contributed by atoms with Gasteiger partial charge in [0.15, 0.2) is 10.9 Å². The first-order chi connectivity index (χ1) is 11.2. The number of anilines is 1. The number of benzene rings is 1. The number of hydrogen-bond donors (Lipinski definition) is 1. The molecule has 0 bridgehead atoms. The van der Waals surface area contributed by atoms with E-state index >= 15 is 0 Å². The molecule has 0 atom stereocenters. The zero-order valence-corrected chi connectivity index (χ0v) is 13.5. The normalized spacial score (nSPS) is 15.3. The number of nitrogens with one attached hydrogen (secondary N) is 1. The van der Waals surface area contributed by atoms with E-state index in [1.54, 1.807) is 18.3 Å². The molecule has 0 radical (unpaired) electrons. The van der Waals surface area contributed by atoms with E-state index in [4.69, 9.17) is 16.1 Å². The van der Waals surface area contributed by atoms with Gasteiger partial charge in [0.1, 0.15) is 0 Å². The molecule has 1 amide bonds. The van der Waals surface area contributed by atoms with Crippen molar-refractivity contribution in [1.29, 1.82) is 0 Å². The molecular weight excluding hydrogens is 334 g/mol. The summed E-state index contributed by atoms with van der Waals surface area (Å²) < 4.78 is 5.42. The highest BCUT2D eigenvalue weighted by molar-refractivity contribution is 7.13. The summed E-state index contributed by atoms with van der Waals surface area (Å²) in [6.07, 6.45) is 3.18. The molecule has 1 fully saturated rings. The molecule has 1 N–H and O–H groups in total. The average Bonchev–Trinajstić information content (AvgIpc) is 2.98. The minimum Gasteiger partial charge on any atom is -0.356 e. The van der Waals surface area contributed by atoms with Crippen LogP contribution < -0.4 is 5.32 Å². The summed E-state index contributed by atoms with van der Waals surface area (Å²) in [4.78, 5) is 16.6. The number of rotatable bonds is 4. The van der Waals surface area contributed by atoms with Crippen LogP contribution >= 0.6 is 22.9 Å². The van der Waals surface area contributed by atoms with Crippen LogP contribution in [0, 0.1) is 0 Å². The molecule has 0 aliphatic heterocycles. The molecule has 1 aliphatic carbocycles. The zero-order valence-electron chi connectivity index (χ0n) is 12.0. The largest absolute Gasteiger partial charge is 0.356 e. The molecule has 5 nitrogen and oxygen atoms in total. The maximum absolute atomic E-state index is 12.5. The molecular formula is C16H12ClN3O2S. The van der Waals surface area contributed by atoms with Crippen LogP contribution in [0.3, 0.4) is 0 Å². The highest BCUT2D eigenvalue weighted by Gasteiger charge is 2.54. The fraction of sp³-hybridized carbons (Fsp3) is 0.188. The number of halogens is 1. The average molecular weight is 346 g/mol. The summed E-state index contributed by atoms with van der Waals surface area (Å²) in [5, 5.41) is 10.0. The van der Waals surface area contributed by atoms with Gasteiger partial charge in [-0.05, 0) is 37.1 Å².